The third-order valence-electron chi connectivity index (χ3n) is 4.27. The number of nitrogens with one attached hydrogen (secondary N) is 2. The fourth-order valence-electron chi connectivity index (χ4n) is 2.77. The topological polar surface area (TPSA) is 84.2 Å². The molecule has 0 saturated heterocycles. The summed E-state index contributed by atoms with van der Waals surface area (Å²) in [6.07, 6.45) is 0. The van der Waals surface area contributed by atoms with Gasteiger partial charge in [-0.05, 0) is 35.9 Å². The average molecular weight is 377 g/mol. The minimum atomic E-state index is -0.679. The molecule has 1 atom stereocenters. The number of hydrogen-bond donors (Lipinski definition) is 3. The molecule has 2 amide bonds. The van der Waals surface area contributed by atoms with Crippen LogP contribution >= 0.6 is 0 Å². The van der Waals surface area contributed by atoms with Crippen LogP contribution in [0.5, 0.6) is 0 Å². The van der Waals surface area contributed by atoms with Crippen LogP contribution in [-0.2, 0) is 11.3 Å². The molecule has 142 valence electrons. The Morgan fingerprint density at radius 2 is 1.54 bits per heavy atom. The highest BCUT2D eigenvalue weighted by atomic mass is 19.1. The molecule has 0 radical (unpaired) electrons. The number of amides is 2. The molecule has 0 spiro atoms. The van der Waals surface area contributed by atoms with Gasteiger partial charge in [0.15, 0.2) is 0 Å². The fraction of sp³-hybridized carbons (Fsp3) is 0.0909. The van der Waals surface area contributed by atoms with Crippen LogP contribution in [0.25, 0.3) is 0 Å². The predicted octanol–water partition coefficient (Wildman–Crippen LogP) is 3.39. The summed E-state index contributed by atoms with van der Waals surface area (Å²) in [5, 5.41) is 5.76. The van der Waals surface area contributed by atoms with Crippen LogP contribution in [0.4, 0.5) is 10.1 Å². The lowest BCUT2D eigenvalue weighted by Crippen LogP contribution is -2.27. The van der Waals surface area contributed by atoms with Gasteiger partial charge in [0.1, 0.15) is 11.9 Å². The van der Waals surface area contributed by atoms with Crippen LogP contribution in [0.3, 0.4) is 0 Å². The Morgan fingerprint density at radius 3 is 2.18 bits per heavy atom. The second-order valence-corrected chi connectivity index (χ2v) is 6.24. The molecule has 0 saturated carbocycles. The van der Waals surface area contributed by atoms with E-state index < -0.39 is 11.9 Å². The first-order chi connectivity index (χ1) is 13.5. The molecule has 0 aliphatic heterocycles. The number of primary amides is 1. The van der Waals surface area contributed by atoms with E-state index in [0.717, 1.165) is 5.56 Å². The van der Waals surface area contributed by atoms with Crippen molar-refractivity contribution in [1.82, 2.24) is 5.32 Å². The van der Waals surface area contributed by atoms with E-state index in [1.165, 1.54) is 6.07 Å². The van der Waals surface area contributed by atoms with Gasteiger partial charge >= 0.3 is 0 Å². The van der Waals surface area contributed by atoms with Crippen molar-refractivity contribution in [3.05, 3.63) is 101 Å². The standard InChI is InChI=1S/C22H20FN3O2/c23-19-9-5-4-8-17(19)14-25-22(28)16-10-12-18(13-11-16)26-20(21(24)27)15-6-2-1-3-7-15/h1-13,20,26H,14H2,(H2,24,27)(H,25,28)/t20-/m1/s1. The Morgan fingerprint density at radius 1 is 0.893 bits per heavy atom. The number of carbonyl (C=O) groups excluding carboxylic acids is 2. The molecule has 0 fully saturated rings. The molecule has 0 heterocycles. The molecule has 0 unspecified atom stereocenters. The summed E-state index contributed by atoms with van der Waals surface area (Å²) in [5.41, 5.74) is 7.75. The summed E-state index contributed by atoms with van der Waals surface area (Å²) in [4.78, 5) is 24.1. The lowest BCUT2D eigenvalue weighted by Gasteiger charge is -2.17. The number of carbonyl (C=O) groups is 2. The van der Waals surface area contributed by atoms with E-state index in [9.17, 15) is 14.0 Å². The zero-order valence-electron chi connectivity index (χ0n) is 15.1. The number of hydrogen-bond acceptors (Lipinski definition) is 3. The van der Waals surface area contributed by atoms with Crippen molar-refractivity contribution in [1.29, 1.82) is 0 Å². The summed E-state index contributed by atoms with van der Waals surface area (Å²) in [5.74, 6) is -1.18. The van der Waals surface area contributed by atoms with Crippen LogP contribution in [-0.4, -0.2) is 11.8 Å². The van der Waals surface area contributed by atoms with Crippen LogP contribution in [0.1, 0.15) is 27.5 Å². The van der Waals surface area contributed by atoms with Crippen molar-refractivity contribution in [3.63, 3.8) is 0 Å². The highest BCUT2D eigenvalue weighted by Crippen LogP contribution is 2.20. The lowest BCUT2D eigenvalue weighted by atomic mass is 10.1. The zero-order valence-corrected chi connectivity index (χ0v) is 15.1. The normalized spacial score (nSPS) is 11.5. The maximum atomic E-state index is 13.6. The average Bonchev–Trinajstić information content (AvgIpc) is 2.72. The van der Waals surface area contributed by atoms with E-state index in [4.69, 9.17) is 5.73 Å². The van der Waals surface area contributed by atoms with Gasteiger partial charge in [-0.1, -0.05) is 48.5 Å². The molecule has 6 heteroatoms. The number of nitrogens with two attached hydrogens (primary N) is 1. The van der Waals surface area contributed by atoms with Crippen LogP contribution < -0.4 is 16.4 Å². The molecule has 3 rings (SSSR count). The van der Waals surface area contributed by atoms with Gasteiger partial charge in [-0.2, -0.15) is 0 Å². The van der Waals surface area contributed by atoms with Crippen molar-refractivity contribution in [2.24, 2.45) is 5.73 Å². The molecule has 0 aromatic heterocycles. The summed E-state index contributed by atoms with van der Waals surface area (Å²) in [6.45, 7) is 0.100. The number of anilines is 1. The molecule has 3 aromatic carbocycles. The highest BCUT2D eigenvalue weighted by Gasteiger charge is 2.17. The Kier molecular flexibility index (Phi) is 6.01. The Hall–Kier alpha value is -3.67. The minimum absolute atomic E-state index is 0.100. The molecule has 0 aliphatic rings. The smallest absolute Gasteiger partial charge is 0.251 e. The summed E-state index contributed by atoms with van der Waals surface area (Å²) >= 11 is 0. The Balaban J connectivity index is 1.64. The first kappa shape index (κ1) is 19.1. The van der Waals surface area contributed by atoms with Gasteiger partial charge < -0.3 is 16.4 Å². The van der Waals surface area contributed by atoms with E-state index in [1.807, 2.05) is 30.3 Å². The first-order valence-corrected chi connectivity index (χ1v) is 8.77. The SMILES string of the molecule is NC(=O)[C@H](Nc1ccc(C(=O)NCc2ccccc2F)cc1)c1ccccc1. The summed E-state index contributed by atoms with van der Waals surface area (Å²) in [6, 6.07) is 21.4. The van der Waals surface area contributed by atoms with Crippen molar-refractivity contribution < 1.29 is 14.0 Å². The van der Waals surface area contributed by atoms with Gasteiger partial charge in [0.25, 0.3) is 5.91 Å². The van der Waals surface area contributed by atoms with Crippen molar-refractivity contribution in [2.45, 2.75) is 12.6 Å². The monoisotopic (exact) mass is 377 g/mol. The van der Waals surface area contributed by atoms with Crippen molar-refractivity contribution in [3.8, 4) is 0 Å². The fourth-order valence-corrected chi connectivity index (χ4v) is 2.77. The van der Waals surface area contributed by atoms with E-state index in [1.54, 1.807) is 42.5 Å². The lowest BCUT2D eigenvalue weighted by molar-refractivity contribution is -0.118. The van der Waals surface area contributed by atoms with Gasteiger partial charge in [0.2, 0.25) is 5.91 Å². The Labute approximate surface area is 162 Å². The molecular formula is C22H20FN3O2. The van der Waals surface area contributed by atoms with Gasteiger partial charge in [-0.25, -0.2) is 4.39 Å². The van der Waals surface area contributed by atoms with Gasteiger partial charge in [0, 0.05) is 23.4 Å². The minimum Gasteiger partial charge on any atom is -0.370 e. The Bertz CT molecular complexity index is 959. The largest absolute Gasteiger partial charge is 0.370 e. The highest BCUT2D eigenvalue weighted by molar-refractivity contribution is 5.94. The third-order valence-corrected chi connectivity index (χ3v) is 4.27. The third kappa shape index (κ3) is 4.73. The van der Waals surface area contributed by atoms with Crippen LogP contribution in [0.2, 0.25) is 0 Å². The zero-order chi connectivity index (χ0) is 19.9. The van der Waals surface area contributed by atoms with Gasteiger partial charge in [0.05, 0.1) is 0 Å². The molecular weight excluding hydrogens is 357 g/mol. The van der Waals surface area contributed by atoms with Gasteiger partial charge in [-0.15, -0.1) is 0 Å². The van der Waals surface area contributed by atoms with E-state index in [0.29, 0.717) is 16.8 Å². The molecule has 28 heavy (non-hydrogen) atoms. The van der Waals surface area contributed by atoms with Gasteiger partial charge in [-0.3, -0.25) is 9.59 Å². The maximum Gasteiger partial charge on any atom is 0.251 e. The van der Waals surface area contributed by atoms with E-state index in [-0.39, 0.29) is 18.3 Å². The molecule has 0 aliphatic carbocycles. The van der Waals surface area contributed by atoms with Crippen molar-refractivity contribution in [2.75, 3.05) is 5.32 Å². The number of benzene rings is 3. The quantitative estimate of drug-likeness (QED) is 0.590. The second-order valence-electron chi connectivity index (χ2n) is 6.24. The predicted molar refractivity (Wildman–Crippen MR) is 106 cm³/mol. The molecule has 5 nitrogen and oxygen atoms in total. The second kappa shape index (κ2) is 8.81. The van der Waals surface area contributed by atoms with Crippen LogP contribution in [0, 0.1) is 5.82 Å². The number of rotatable bonds is 7. The maximum absolute atomic E-state index is 13.6. The van der Waals surface area contributed by atoms with E-state index in [2.05, 4.69) is 10.6 Å². The van der Waals surface area contributed by atoms with E-state index >= 15 is 0 Å². The van der Waals surface area contributed by atoms with Crippen molar-refractivity contribution >= 4 is 17.5 Å². The molecule has 3 aromatic rings. The first-order valence-electron chi connectivity index (χ1n) is 8.77. The molecule has 4 N–H and O–H groups in total. The number of halogens is 1. The molecule has 0 bridgehead atoms. The summed E-state index contributed by atoms with van der Waals surface area (Å²) < 4.78 is 13.6. The van der Waals surface area contributed by atoms with Crippen LogP contribution in [0.15, 0.2) is 78.9 Å². The summed E-state index contributed by atoms with van der Waals surface area (Å²) in [7, 11) is 0.